The second-order valence-corrected chi connectivity index (χ2v) is 8.54. The summed E-state index contributed by atoms with van der Waals surface area (Å²) in [7, 11) is -3.77. The fourth-order valence-corrected chi connectivity index (χ4v) is 5.02. The third-order valence-electron chi connectivity index (χ3n) is 5.12. The molecule has 0 saturated carbocycles. The van der Waals surface area contributed by atoms with Gasteiger partial charge >= 0.3 is 0 Å². The maximum atomic E-state index is 12.6. The van der Waals surface area contributed by atoms with Crippen LogP contribution < -0.4 is 10.2 Å². The second-order valence-electron chi connectivity index (χ2n) is 6.97. The molecule has 140 valence electrons. The molecule has 2 fully saturated rings. The van der Waals surface area contributed by atoms with E-state index in [1.807, 2.05) is 4.90 Å². The molecule has 1 atom stereocenters. The minimum Gasteiger partial charge on any atom is -0.376 e. The number of amides is 1. The minimum atomic E-state index is -3.77. The average molecular weight is 377 g/mol. The standard InChI is InChI=1S/C18H23N3O4S/c22-18(19-12-14-5-4-10-25-14)13-7-8-15-16(11-13)26(23,24)20-17-6-2-1-3-9-21(15)17/h7-8,11,14H,1-6,9-10,12H2,(H,19,22). The summed E-state index contributed by atoms with van der Waals surface area (Å²) < 4.78 is 34.7. The first-order chi connectivity index (χ1) is 12.5. The van der Waals surface area contributed by atoms with Gasteiger partial charge in [0, 0.05) is 31.7 Å². The summed E-state index contributed by atoms with van der Waals surface area (Å²) in [5, 5.41) is 2.83. The van der Waals surface area contributed by atoms with Crippen LogP contribution in [0.1, 0.15) is 48.9 Å². The SMILES string of the molecule is O=C(NCC1CCCO1)c1ccc2c(c1)S(=O)(=O)N=C1CCCCCN12. The highest BCUT2D eigenvalue weighted by atomic mass is 32.2. The molecule has 0 radical (unpaired) electrons. The topological polar surface area (TPSA) is 88.1 Å². The third kappa shape index (κ3) is 3.35. The molecule has 0 spiro atoms. The monoisotopic (exact) mass is 377 g/mol. The van der Waals surface area contributed by atoms with Gasteiger partial charge in [-0.2, -0.15) is 8.42 Å². The van der Waals surface area contributed by atoms with Gasteiger partial charge in [-0.1, -0.05) is 6.42 Å². The highest BCUT2D eigenvalue weighted by molar-refractivity contribution is 7.90. The molecule has 1 amide bonds. The molecule has 2 saturated heterocycles. The van der Waals surface area contributed by atoms with Crippen LogP contribution in [0, 0.1) is 0 Å². The van der Waals surface area contributed by atoms with E-state index < -0.39 is 10.0 Å². The molecule has 3 aliphatic heterocycles. The van der Waals surface area contributed by atoms with E-state index in [2.05, 4.69) is 9.71 Å². The number of hydrogen-bond donors (Lipinski definition) is 1. The first kappa shape index (κ1) is 17.5. The second kappa shape index (κ2) is 7.00. The van der Waals surface area contributed by atoms with Crippen molar-refractivity contribution < 1.29 is 17.9 Å². The van der Waals surface area contributed by atoms with Gasteiger partial charge in [0.2, 0.25) is 0 Å². The van der Waals surface area contributed by atoms with Crippen molar-refractivity contribution in [2.45, 2.75) is 49.5 Å². The summed E-state index contributed by atoms with van der Waals surface area (Å²) in [5.74, 6) is 0.328. The van der Waals surface area contributed by atoms with E-state index in [9.17, 15) is 13.2 Å². The smallest absolute Gasteiger partial charge is 0.286 e. The Hall–Kier alpha value is -1.93. The number of carbonyl (C=O) groups is 1. The van der Waals surface area contributed by atoms with Crippen LogP contribution in [0.15, 0.2) is 27.5 Å². The highest BCUT2D eigenvalue weighted by Crippen LogP contribution is 2.34. The van der Waals surface area contributed by atoms with Gasteiger partial charge < -0.3 is 15.0 Å². The molecule has 1 aromatic carbocycles. The number of amidine groups is 1. The zero-order valence-electron chi connectivity index (χ0n) is 14.6. The summed E-state index contributed by atoms with van der Waals surface area (Å²) in [6, 6.07) is 4.86. The Morgan fingerprint density at radius 1 is 1.27 bits per heavy atom. The van der Waals surface area contributed by atoms with Crippen LogP contribution in [-0.4, -0.2) is 46.0 Å². The highest BCUT2D eigenvalue weighted by Gasteiger charge is 2.32. The van der Waals surface area contributed by atoms with Crippen LogP contribution in [-0.2, 0) is 14.8 Å². The Morgan fingerprint density at radius 2 is 2.15 bits per heavy atom. The number of rotatable bonds is 3. The van der Waals surface area contributed by atoms with Crippen molar-refractivity contribution in [1.29, 1.82) is 0 Å². The van der Waals surface area contributed by atoms with Crippen LogP contribution in [0.25, 0.3) is 0 Å². The summed E-state index contributed by atoms with van der Waals surface area (Å²) in [6.07, 6.45) is 5.67. The fourth-order valence-electron chi connectivity index (χ4n) is 3.74. The Balaban J connectivity index is 1.59. The molecule has 0 aliphatic carbocycles. The summed E-state index contributed by atoms with van der Waals surface area (Å²) in [4.78, 5) is 14.5. The molecule has 1 unspecified atom stereocenters. The number of ether oxygens (including phenoxy) is 1. The first-order valence-corrected chi connectivity index (χ1v) is 10.6. The minimum absolute atomic E-state index is 0.0459. The third-order valence-corrected chi connectivity index (χ3v) is 6.46. The molecule has 0 bridgehead atoms. The Bertz CT molecular complexity index is 844. The summed E-state index contributed by atoms with van der Waals surface area (Å²) in [5.41, 5.74) is 0.964. The van der Waals surface area contributed by atoms with Crippen LogP contribution in [0.4, 0.5) is 5.69 Å². The van der Waals surface area contributed by atoms with Gasteiger partial charge in [-0.3, -0.25) is 4.79 Å². The molecule has 8 heteroatoms. The van der Waals surface area contributed by atoms with Gasteiger partial charge in [0.25, 0.3) is 15.9 Å². The van der Waals surface area contributed by atoms with Gasteiger partial charge in [0.1, 0.15) is 10.7 Å². The molecule has 26 heavy (non-hydrogen) atoms. The predicted molar refractivity (Wildman–Crippen MR) is 98.2 cm³/mol. The molecule has 3 aliphatic rings. The molecule has 0 aromatic heterocycles. The van der Waals surface area contributed by atoms with E-state index in [4.69, 9.17) is 4.74 Å². The number of sulfonamides is 1. The van der Waals surface area contributed by atoms with E-state index >= 15 is 0 Å². The van der Waals surface area contributed by atoms with Crippen molar-refractivity contribution in [3.8, 4) is 0 Å². The molecular weight excluding hydrogens is 354 g/mol. The van der Waals surface area contributed by atoms with Crippen molar-refractivity contribution in [2.24, 2.45) is 4.40 Å². The van der Waals surface area contributed by atoms with E-state index in [0.717, 1.165) is 45.3 Å². The lowest BCUT2D eigenvalue weighted by atomic mass is 10.1. The number of anilines is 1. The number of carbonyl (C=O) groups excluding carboxylic acids is 1. The lowest BCUT2D eigenvalue weighted by Gasteiger charge is -2.29. The van der Waals surface area contributed by atoms with Crippen molar-refractivity contribution in [1.82, 2.24) is 5.32 Å². The van der Waals surface area contributed by atoms with Crippen molar-refractivity contribution in [3.63, 3.8) is 0 Å². The van der Waals surface area contributed by atoms with Gasteiger partial charge in [0.05, 0.1) is 11.8 Å². The van der Waals surface area contributed by atoms with Crippen molar-refractivity contribution >= 4 is 27.5 Å². The molecular formula is C18H23N3O4S. The number of nitrogens with zero attached hydrogens (tertiary/aromatic N) is 2. The predicted octanol–water partition coefficient (Wildman–Crippen LogP) is 2.08. The maximum absolute atomic E-state index is 12.6. The van der Waals surface area contributed by atoms with E-state index in [1.165, 1.54) is 6.07 Å². The fraction of sp³-hybridized carbons (Fsp3) is 0.556. The number of nitrogens with one attached hydrogen (secondary N) is 1. The maximum Gasteiger partial charge on any atom is 0.286 e. The van der Waals surface area contributed by atoms with Crippen molar-refractivity contribution in [2.75, 3.05) is 24.6 Å². The number of fused-ring (bicyclic) bond motifs is 3. The molecule has 1 N–H and O–H groups in total. The van der Waals surface area contributed by atoms with Crippen LogP contribution in [0.3, 0.4) is 0 Å². The Labute approximate surface area is 153 Å². The molecule has 4 rings (SSSR count). The normalized spacial score (nSPS) is 24.2. The molecule has 7 nitrogen and oxygen atoms in total. The quantitative estimate of drug-likeness (QED) is 0.871. The van der Waals surface area contributed by atoms with Gasteiger partial charge in [0.15, 0.2) is 0 Å². The first-order valence-electron chi connectivity index (χ1n) is 9.20. The lowest BCUT2D eigenvalue weighted by molar-refractivity contribution is 0.0857. The van der Waals surface area contributed by atoms with Crippen molar-refractivity contribution in [3.05, 3.63) is 23.8 Å². The Morgan fingerprint density at radius 3 is 2.96 bits per heavy atom. The molecule has 3 heterocycles. The van der Waals surface area contributed by atoms with E-state index in [0.29, 0.717) is 30.1 Å². The van der Waals surface area contributed by atoms with E-state index in [-0.39, 0.29) is 16.9 Å². The van der Waals surface area contributed by atoms with Gasteiger partial charge in [-0.15, -0.1) is 4.40 Å². The van der Waals surface area contributed by atoms with E-state index in [1.54, 1.807) is 12.1 Å². The molecule has 1 aromatic rings. The number of benzene rings is 1. The van der Waals surface area contributed by atoms with Gasteiger partial charge in [-0.25, -0.2) is 0 Å². The van der Waals surface area contributed by atoms with Crippen LogP contribution >= 0.6 is 0 Å². The zero-order valence-corrected chi connectivity index (χ0v) is 15.4. The zero-order chi connectivity index (χ0) is 18.1. The van der Waals surface area contributed by atoms with Crippen LogP contribution in [0.2, 0.25) is 0 Å². The Kier molecular flexibility index (Phi) is 4.71. The average Bonchev–Trinajstić information content (AvgIpc) is 3.04. The number of hydrogen-bond acceptors (Lipinski definition) is 5. The largest absolute Gasteiger partial charge is 0.376 e. The summed E-state index contributed by atoms with van der Waals surface area (Å²) in [6.45, 7) is 1.93. The van der Waals surface area contributed by atoms with Gasteiger partial charge in [-0.05, 0) is 43.9 Å². The summed E-state index contributed by atoms with van der Waals surface area (Å²) >= 11 is 0. The lowest BCUT2D eigenvalue weighted by Crippen LogP contribution is -2.36. The van der Waals surface area contributed by atoms with Crippen LogP contribution in [0.5, 0.6) is 0 Å².